The molecule has 6 nitrogen and oxygen atoms in total. The Labute approximate surface area is 156 Å². The molecule has 2 aromatic carbocycles. The molecular weight excluding hydrogens is 385 g/mol. The van der Waals surface area contributed by atoms with Crippen LogP contribution in [0, 0.1) is 13.8 Å². The van der Waals surface area contributed by atoms with E-state index in [1.807, 2.05) is 25.3 Å². The topological polar surface area (TPSA) is 92.5 Å². The van der Waals surface area contributed by atoms with E-state index in [4.69, 9.17) is 29.0 Å². The second-order valence-electron chi connectivity index (χ2n) is 5.50. The number of halogens is 2. The van der Waals surface area contributed by atoms with Crippen molar-refractivity contribution < 1.29 is 13.2 Å². The Hall–Kier alpha value is -1.80. The number of amides is 1. The van der Waals surface area contributed by atoms with Gasteiger partial charge in [-0.05, 0) is 55.3 Å². The number of hydrazine groups is 1. The fourth-order valence-electron chi connectivity index (χ4n) is 2.38. The van der Waals surface area contributed by atoms with Gasteiger partial charge in [-0.2, -0.15) is 0 Å². The molecule has 134 valence electrons. The number of benzene rings is 2. The Kier molecular flexibility index (Phi) is 5.95. The van der Waals surface area contributed by atoms with Crippen LogP contribution >= 0.6 is 23.2 Å². The molecule has 3 N–H and O–H groups in total. The summed E-state index contributed by atoms with van der Waals surface area (Å²) in [5, 5.41) is 0.221. The fraction of sp³-hybridized carbons (Fsp3) is 0.188. The van der Waals surface area contributed by atoms with Crippen molar-refractivity contribution in [2.45, 2.75) is 18.7 Å². The maximum Gasteiger partial charge on any atom is 0.266 e. The smallest absolute Gasteiger partial charge is 0.266 e. The van der Waals surface area contributed by atoms with Crippen molar-refractivity contribution in [2.75, 3.05) is 10.8 Å². The molecule has 2 aromatic rings. The zero-order valence-corrected chi connectivity index (χ0v) is 15.9. The van der Waals surface area contributed by atoms with Gasteiger partial charge in [-0.1, -0.05) is 29.3 Å². The van der Waals surface area contributed by atoms with Crippen molar-refractivity contribution in [3.63, 3.8) is 0 Å². The molecule has 0 fully saturated rings. The lowest BCUT2D eigenvalue weighted by molar-refractivity contribution is -0.119. The van der Waals surface area contributed by atoms with Crippen LogP contribution in [0.4, 0.5) is 5.69 Å². The van der Waals surface area contributed by atoms with Gasteiger partial charge in [-0.15, -0.1) is 0 Å². The van der Waals surface area contributed by atoms with Gasteiger partial charge < -0.3 is 0 Å². The minimum atomic E-state index is -4.15. The van der Waals surface area contributed by atoms with Crippen LogP contribution in [0.3, 0.4) is 0 Å². The van der Waals surface area contributed by atoms with Crippen molar-refractivity contribution in [3.05, 3.63) is 57.6 Å². The molecule has 0 saturated heterocycles. The van der Waals surface area contributed by atoms with E-state index in [2.05, 4.69) is 0 Å². The van der Waals surface area contributed by atoms with Gasteiger partial charge in [-0.3, -0.25) is 14.5 Å². The van der Waals surface area contributed by atoms with Gasteiger partial charge in [0, 0.05) is 5.02 Å². The quantitative estimate of drug-likeness (QED) is 0.457. The molecule has 25 heavy (non-hydrogen) atoms. The highest BCUT2D eigenvalue weighted by Gasteiger charge is 2.29. The van der Waals surface area contributed by atoms with Crippen LogP contribution in [-0.2, 0) is 14.8 Å². The van der Waals surface area contributed by atoms with E-state index in [0.717, 1.165) is 15.4 Å². The van der Waals surface area contributed by atoms with Gasteiger partial charge in [-0.25, -0.2) is 14.3 Å². The van der Waals surface area contributed by atoms with Gasteiger partial charge in [0.05, 0.1) is 10.7 Å². The van der Waals surface area contributed by atoms with Crippen molar-refractivity contribution >= 4 is 44.8 Å². The summed E-state index contributed by atoms with van der Waals surface area (Å²) in [4.78, 5) is 11.6. The van der Waals surface area contributed by atoms with Gasteiger partial charge in [0.2, 0.25) is 0 Å². The number of anilines is 1. The second-order valence-corrected chi connectivity index (χ2v) is 8.17. The number of rotatable bonds is 5. The summed E-state index contributed by atoms with van der Waals surface area (Å²) in [5.41, 5.74) is 3.97. The lowest BCUT2D eigenvalue weighted by atomic mass is 10.1. The van der Waals surface area contributed by atoms with E-state index in [1.54, 1.807) is 12.1 Å². The SMILES string of the molecule is Cc1cc(C)cc(N(CC(=O)NN)S(=O)(=O)c2cc(Cl)ccc2Cl)c1. The Morgan fingerprint density at radius 1 is 1.12 bits per heavy atom. The normalized spacial score (nSPS) is 11.2. The fourth-order valence-corrected chi connectivity index (χ4v) is 4.52. The number of hydrogen-bond acceptors (Lipinski definition) is 4. The molecule has 0 atom stereocenters. The number of nitrogens with two attached hydrogens (primary N) is 1. The molecule has 9 heteroatoms. The maximum absolute atomic E-state index is 13.1. The highest BCUT2D eigenvalue weighted by Crippen LogP contribution is 2.31. The average Bonchev–Trinajstić information content (AvgIpc) is 2.53. The third-order valence-corrected chi connectivity index (χ3v) is 5.89. The number of hydrogen-bond donors (Lipinski definition) is 2. The van der Waals surface area contributed by atoms with E-state index < -0.39 is 22.5 Å². The molecule has 1 amide bonds. The lowest BCUT2D eigenvalue weighted by Gasteiger charge is -2.25. The highest BCUT2D eigenvalue weighted by atomic mass is 35.5. The van der Waals surface area contributed by atoms with Crippen LogP contribution in [0.25, 0.3) is 0 Å². The summed E-state index contributed by atoms with van der Waals surface area (Å²) in [7, 11) is -4.15. The zero-order chi connectivity index (χ0) is 18.8. The number of carbonyl (C=O) groups excluding carboxylic acids is 1. The zero-order valence-electron chi connectivity index (χ0n) is 13.6. The molecule has 0 radical (unpaired) electrons. The number of sulfonamides is 1. The lowest BCUT2D eigenvalue weighted by Crippen LogP contribution is -2.43. The molecular formula is C16H17Cl2N3O3S. The third kappa shape index (κ3) is 4.43. The Morgan fingerprint density at radius 3 is 2.28 bits per heavy atom. The number of nitrogens with one attached hydrogen (secondary N) is 1. The van der Waals surface area contributed by atoms with E-state index in [9.17, 15) is 13.2 Å². The second kappa shape index (κ2) is 7.61. The molecule has 2 rings (SSSR count). The first-order valence-corrected chi connectivity index (χ1v) is 9.40. The molecule has 0 spiro atoms. The van der Waals surface area contributed by atoms with Crippen LogP contribution < -0.4 is 15.6 Å². The molecule has 0 saturated carbocycles. The molecule has 0 aliphatic carbocycles. The van der Waals surface area contributed by atoms with E-state index in [1.165, 1.54) is 18.2 Å². The van der Waals surface area contributed by atoms with E-state index >= 15 is 0 Å². The average molecular weight is 402 g/mol. The van der Waals surface area contributed by atoms with Crippen LogP contribution in [0.2, 0.25) is 10.0 Å². The van der Waals surface area contributed by atoms with Crippen LogP contribution in [0.15, 0.2) is 41.3 Å². The number of carbonyl (C=O) groups is 1. The maximum atomic E-state index is 13.1. The van der Waals surface area contributed by atoms with Crippen LogP contribution in [0.5, 0.6) is 0 Å². The van der Waals surface area contributed by atoms with Crippen LogP contribution in [0.1, 0.15) is 11.1 Å². The third-order valence-electron chi connectivity index (χ3n) is 3.40. The molecule has 0 heterocycles. The molecule has 0 bridgehead atoms. The Morgan fingerprint density at radius 2 is 1.72 bits per heavy atom. The summed E-state index contributed by atoms with van der Waals surface area (Å²) in [6.07, 6.45) is 0. The van der Waals surface area contributed by atoms with Gasteiger partial charge in [0.25, 0.3) is 15.9 Å². The first-order chi connectivity index (χ1) is 11.6. The van der Waals surface area contributed by atoms with Gasteiger partial charge >= 0.3 is 0 Å². The van der Waals surface area contributed by atoms with Gasteiger partial charge in [0.15, 0.2) is 0 Å². The number of nitrogens with zero attached hydrogens (tertiary/aromatic N) is 1. The minimum Gasteiger partial charge on any atom is -0.293 e. The highest BCUT2D eigenvalue weighted by molar-refractivity contribution is 7.93. The van der Waals surface area contributed by atoms with Crippen molar-refractivity contribution in [1.29, 1.82) is 0 Å². The molecule has 0 aliphatic heterocycles. The van der Waals surface area contributed by atoms with Crippen molar-refractivity contribution in [3.8, 4) is 0 Å². The minimum absolute atomic E-state index is 0.00642. The van der Waals surface area contributed by atoms with Crippen molar-refractivity contribution in [2.24, 2.45) is 5.84 Å². The number of aryl methyl sites for hydroxylation is 2. The van der Waals surface area contributed by atoms with Gasteiger partial charge in [0.1, 0.15) is 11.4 Å². The monoisotopic (exact) mass is 401 g/mol. The molecule has 0 aliphatic rings. The van der Waals surface area contributed by atoms with E-state index in [-0.39, 0.29) is 14.9 Å². The first kappa shape index (κ1) is 19.5. The largest absolute Gasteiger partial charge is 0.293 e. The predicted octanol–water partition coefficient (Wildman–Crippen LogP) is 2.80. The predicted molar refractivity (Wildman–Crippen MR) is 99.2 cm³/mol. The summed E-state index contributed by atoms with van der Waals surface area (Å²) in [6.45, 7) is 3.16. The summed E-state index contributed by atoms with van der Waals surface area (Å²) >= 11 is 12.0. The Balaban J connectivity index is 2.65. The summed E-state index contributed by atoms with van der Waals surface area (Å²) in [6, 6.07) is 9.33. The first-order valence-electron chi connectivity index (χ1n) is 7.20. The Bertz CT molecular complexity index is 897. The van der Waals surface area contributed by atoms with Crippen molar-refractivity contribution in [1.82, 2.24) is 5.43 Å². The molecule has 0 unspecified atom stereocenters. The molecule has 0 aromatic heterocycles. The summed E-state index contributed by atoms with van der Waals surface area (Å²) < 4.78 is 27.2. The van der Waals surface area contributed by atoms with Crippen LogP contribution in [-0.4, -0.2) is 20.9 Å². The summed E-state index contributed by atoms with van der Waals surface area (Å²) in [5.74, 6) is 4.46. The van der Waals surface area contributed by atoms with E-state index in [0.29, 0.717) is 5.69 Å². The standard InChI is InChI=1S/C16H17Cl2N3O3S/c1-10-5-11(2)7-13(6-10)21(9-16(22)20-19)25(23,24)15-8-12(17)3-4-14(15)18/h3-8H,9,19H2,1-2H3,(H,20,22).